The molecular formula is C27H28F5N3OS2. The second kappa shape index (κ2) is 8.81. The number of ketones is 1. The molecule has 0 atom stereocenters. The largest absolute Gasteiger partial charge is 0.371 e. The lowest BCUT2D eigenvalue weighted by Gasteiger charge is -2.40. The third kappa shape index (κ3) is 5.58. The molecule has 204 valence electrons. The van der Waals surface area contributed by atoms with Crippen molar-refractivity contribution in [3.05, 3.63) is 82.1 Å². The first-order chi connectivity index (χ1) is 17.7. The van der Waals surface area contributed by atoms with Gasteiger partial charge in [-0.1, -0.05) is 43.7 Å². The normalized spacial score (nSPS) is 17.0. The highest BCUT2D eigenvalue weighted by Crippen LogP contribution is 3.02. The lowest BCUT2D eigenvalue weighted by Crippen LogP contribution is -2.32. The van der Waals surface area contributed by atoms with Crippen LogP contribution in [0.1, 0.15) is 57.4 Å². The second-order valence-electron chi connectivity index (χ2n) is 9.93. The highest BCUT2D eigenvalue weighted by atomic mass is 32.5. The molecule has 0 unspecified atom stereocenters. The fourth-order valence-corrected chi connectivity index (χ4v) is 6.64. The number of piperidine rings is 1. The first-order valence-corrected chi connectivity index (χ1v) is 15.1. The first-order valence-electron chi connectivity index (χ1n) is 12.3. The van der Waals surface area contributed by atoms with Crippen molar-refractivity contribution >= 4 is 38.0 Å². The number of hydrogen-bond acceptors (Lipinski definition) is 4. The van der Waals surface area contributed by atoms with E-state index in [1.165, 1.54) is 12.1 Å². The van der Waals surface area contributed by atoms with Crippen molar-refractivity contribution < 1.29 is 24.2 Å². The van der Waals surface area contributed by atoms with Crippen LogP contribution in [0.4, 0.5) is 25.1 Å². The molecule has 5 rings (SSSR count). The van der Waals surface area contributed by atoms with E-state index in [2.05, 4.69) is 9.88 Å². The number of hydrogen-bond donors (Lipinski definition) is 0. The molecule has 0 N–H and O–H groups in total. The number of Topliss-reactive ketones (excluding diaryl/α,β-unsaturated/α-hetero) is 1. The van der Waals surface area contributed by atoms with Gasteiger partial charge in [0, 0.05) is 36.3 Å². The average molecular weight is 570 g/mol. The van der Waals surface area contributed by atoms with E-state index in [4.69, 9.17) is 0 Å². The van der Waals surface area contributed by atoms with Crippen LogP contribution in [0, 0.1) is 13.8 Å². The van der Waals surface area contributed by atoms with Gasteiger partial charge in [-0.05, 0) is 74.4 Å². The number of nitrogens with zero attached hydrogens (tertiary/aromatic N) is 3. The fourth-order valence-electron chi connectivity index (χ4n) is 5.12. The van der Waals surface area contributed by atoms with Crippen LogP contribution in [0.3, 0.4) is 0 Å². The average Bonchev–Trinajstić information content (AvgIpc) is 3.35. The van der Waals surface area contributed by atoms with E-state index in [1.807, 2.05) is 48.7 Å². The van der Waals surface area contributed by atoms with Gasteiger partial charge in [-0.2, -0.15) is 0 Å². The maximum absolute atomic E-state index is 13.0. The Hall–Kier alpha value is -2.92. The molecule has 3 heterocycles. The zero-order valence-electron chi connectivity index (χ0n) is 21.0. The van der Waals surface area contributed by atoms with Crippen LogP contribution in [0.2, 0.25) is 0 Å². The van der Waals surface area contributed by atoms with Crippen LogP contribution in [0.15, 0.2) is 59.6 Å². The minimum atomic E-state index is -9.65. The van der Waals surface area contributed by atoms with Crippen molar-refractivity contribution in [1.82, 2.24) is 9.38 Å². The van der Waals surface area contributed by atoms with Gasteiger partial charge in [0.1, 0.15) is 10.6 Å². The van der Waals surface area contributed by atoms with Crippen LogP contribution in [-0.4, -0.2) is 28.3 Å². The SMILES string of the molecule is Cc1cn2c(C(=O)CCc3ccc(N4CCC(c5ccc(S(F)(F)(F)(F)F)cc5)CC4)cc3)c(C)nc2s1. The highest BCUT2D eigenvalue weighted by molar-refractivity contribution is 8.45. The van der Waals surface area contributed by atoms with E-state index in [9.17, 15) is 24.2 Å². The quantitative estimate of drug-likeness (QED) is 0.165. The summed E-state index contributed by atoms with van der Waals surface area (Å²) < 4.78 is 66.8. The lowest BCUT2D eigenvalue weighted by molar-refractivity contribution is 0.0976. The van der Waals surface area contributed by atoms with Gasteiger partial charge in [-0.3, -0.25) is 9.20 Å². The molecule has 0 amide bonds. The molecule has 1 saturated heterocycles. The van der Waals surface area contributed by atoms with Gasteiger partial charge in [-0.15, -0.1) is 11.3 Å². The molecular weight excluding hydrogens is 541 g/mol. The Morgan fingerprint density at radius 3 is 2.21 bits per heavy atom. The van der Waals surface area contributed by atoms with Gasteiger partial charge in [0.05, 0.1) is 5.69 Å². The number of benzene rings is 2. The topological polar surface area (TPSA) is 37.6 Å². The molecule has 0 saturated carbocycles. The van der Waals surface area contributed by atoms with Crippen molar-refractivity contribution in [2.75, 3.05) is 18.0 Å². The van der Waals surface area contributed by atoms with E-state index in [0.29, 0.717) is 62.2 Å². The van der Waals surface area contributed by atoms with Gasteiger partial charge >= 0.3 is 10.2 Å². The maximum atomic E-state index is 13.0. The molecule has 2 aromatic carbocycles. The Bertz CT molecular complexity index is 1490. The Morgan fingerprint density at radius 1 is 0.974 bits per heavy atom. The van der Waals surface area contributed by atoms with E-state index in [-0.39, 0.29) is 11.7 Å². The standard InChI is InChI=1S/C27H28F5N3OS2/c1-18-17-35-26(19(2)33-27(35)37-18)25(36)12-5-20-3-8-23(9-4-20)34-15-13-22(14-16-34)21-6-10-24(11-7-21)38(28,29,30,31)32/h3-4,6-11,17,22H,5,12-16H2,1-2H3. The molecule has 4 aromatic rings. The molecule has 0 aliphatic carbocycles. The molecule has 1 fully saturated rings. The van der Waals surface area contributed by atoms with Crippen LogP contribution in [0.25, 0.3) is 4.96 Å². The zero-order chi connectivity index (χ0) is 27.4. The molecule has 0 bridgehead atoms. The number of anilines is 1. The summed E-state index contributed by atoms with van der Waals surface area (Å²) >= 11 is 1.56. The molecule has 2 aromatic heterocycles. The van der Waals surface area contributed by atoms with Crippen molar-refractivity contribution in [1.29, 1.82) is 0 Å². The number of aryl methyl sites for hydroxylation is 3. The summed E-state index contributed by atoms with van der Waals surface area (Å²) in [6.45, 7) is 5.27. The minimum absolute atomic E-state index is 0.0228. The molecule has 1 aliphatic rings. The predicted molar refractivity (Wildman–Crippen MR) is 144 cm³/mol. The number of rotatable bonds is 7. The van der Waals surface area contributed by atoms with Crippen molar-refractivity contribution in [3.63, 3.8) is 0 Å². The Balaban J connectivity index is 1.16. The van der Waals surface area contributed by atoms with E-state index in [0.717, 1.165) is 26.8 Å². The number of aromatic nitrogens is 2. The lowest BCUT2D eigenvalue weighted by atomic mass is 9.89. The molecule has 4 nitrogen and oxygen atoms in total. The molecule has 1 aliphatic heterocycles. The van der Waals surface area contributed by atoms with E-state index >= 15 is 0 Å². The molecule has 38 heavy (non-hydrogen) atoms. The summed E-state index contributed by atoms with van der Waals surface area (Å²) in [6.07, 6.45) is 4.38. The van der Waals surface area contributed by atoms with Gasteiger partial charge in [0.25, 0.3) is 0 Å². The third-order valence-corrected chi connectivity index (χ3v) is 9.18. The molecule has 0 radical (unpaired) electrons. The van der Waals surface area contributed by atoms with Crippen LogP contribution in [0.5, 0.6) is 0 Å². The van der Waals surface area contributed by atoms with Gasteiger partial charge in [0.15, 0.2) is 10.7 Å². The number of fused-ring (bicyclic) bond motifs is 1. The Morgan fingerprint density at radius 2 is 1.61 bits per heavy atom. The number of thiazole rings is 1. The first kappa shape index (κ1) is 26.7. The van der Waals surface area contributed by atoms with Gasteiger partial charge < -0.3 is 4.90 Å². The van der Waals surface area contributed by atoms with Gasteiger partial charge in [-0.25, -0.2) is 4.98 Å². The predicted octanol–water partition coefficient (Wildman–Crippen LogP) is 8.87. The second-order valence-corrected chi connectivity index (χ2v) is 13.6. The van der Waals surface area contributed by atoms with E-state index < -0.39 is 15.1 Å². The number of carbonyl (C=O) groups is 1. The summed E-state index contributed by atoms with van der Waals surface area (Å²) in [6, 6.07) is 11.4. The number of carbonyl (C=O) groups excluding carboxylic acids is 1. The third-order valence-electron chi connectivity index (χ3n) is 7.11. The fraction of sp³-hybridized carbons (Fsp3) is 0.333. The summed E-state index contributed by atoms with van der Waals surface area (Å²) in [7, 11) is -9.65. The zero-order valence-corrected chi connectivity index (χ0v) is 22.6. The smallest absolute Gasteiger partial charge is 0.310 e. The van der Waals surface area contributed by atoms with Crippen LogP contribution >= 0.6 is 21.6 Å². The van der Waals surface area contributed by atoms with Crippen LogP contribution < -0.4 is 4.90 Å². The Kier molecular flexibility index (Phi) is 6.18. The number of halogens is 5. The van der Waals surface area contributed by atoms with Crippen molar-refractivity contribution in [3.8, 4) is 0 Å². The highest BCUT2D eigenvalue weighted by Gasteiger charge is 2.65. The summed E-state index contributed by atoms with van der Waals surface area (Å²) in [5, 5.41) is 0. The van der Waals surface area contributed by atoms with Crippen molar-refractivity contribution in [2.45, 2.75) is 50.3 Å². The summed E-state index contributed by atoms with van der Waals surface area (Å²) in [5.41, 5.74) is 4.14. The monoisotopic (exact) mass is 569 g/mol. The molecule has 11 heteroatoms. The maximum Gasteiger partial charge on any atom is 0.310 e. The summed E-state index contributed by atoms with van der Waals surface area (Å²) in [4.78, 5) is 19.7. The number of imidazole rings is 1. The molecule has 0 spiro atoms. The van der Waals surface area contributed by atoms with E-state index in [1.54, 1.807) is 11.3 Å². The Labute approximate surface area is 221 Å². The van der Waals surface area contributed by atoms with Gasteiger partial charge in [0.2, 0.25) is 0 Å². The van der Waals surface area contributed by atoms with Crippen LogP contribution in [-0.2, 0) is 6.42 Å². The van der Waals surface area contributed by atoms with Crippen molar-refractivity contribution in [2.24, 2.45) is 0 Å². The minimum Gasteiger partial charge on any atom is -0.371 e. The summed E-state index contributed by atoms with van der Waals surface area (Å²) in [5.74, 6) is 0.0853.